The molecule has 8 heteroatoms. The van der Waals surface area contributed by atoms with Crippen molar-refractivity contribution in [1.82, 2.24) is 14.9 Å². The Kier molecular flexibility index (Phi) is 7.58. The first-order chi connectivity index (χ1) is 18.1. The summed E-state index contributed by atoms with van der Waals surface area (Å²) in [4.78, 5) is 27.3. The number of aromatic nitrogens is 2. The van der Waals surface area contributed by atoms with Crippen LogP contribution in [0.2, 0.25) is 0 Å². The maximum Gasteiger partial charge on any atom is 0.229 e. The number of para-hydroxylation sites is 1. The van der Waals surface area contributed by atoms with Crippen LogP contribution in [0.3, 0.4) is 0 Å². The molecule has 37 heavy (non-hydrogen) atoms. The van der Waals surface area contributed by atoms with Gasteiger partial charge in [-0.1, -0.05) is 30.8 Å². The molecule has 0 aliphatic carbocycles. The molecule has 0 radical (unpaired) electrons. The maximum atomic E-state index is 12.1. The highest BCUT2D eigenvalue weighted by Crippen LogP contribution is 2.33. The van der Waals surface area contributed by atoms with Crippen molar-refractivity contribution in [3.05, 3.63) is 90.5 Å². The molecule has 3 heterocycles. The summed E-state index contributed by atoms with van der Waals surface area (Å²) >= 11 is 1.63. The lowest BCUT2D eigenvalue weighted by Crippen LogP contribution is -2.44. The average molecular weight is 511 g/mol. The summed E-state index contributed by atoms with van der Waals surface area (Å²) in [6, 6.07) is 20.2. The maximum absolute atomic E-state index is 12.1. The number of rotatable bonds is 9. The fourth-order valence-corrected chi connectivity index (χ4v) is 5.02. The number of benzene rings is 2. The van der Waals surface area contributed by atoms with Crippen molar-refractivity contribution >= 4 is 45.9 Å². The molecule has 2 N–H and O–H groups in total. The molecule has 2 aromatic carbocycles. The van der Waals surface area contributed by atoms with Crippen LogP contribution in [0.25, 0.3) is 10.4 Å². The van der Waals surface area contributed by atoms with Crippen LogP contribution in [0.4, 0.5) is 28.8 Å². The van der Waals surface area contributed by atoms with Gasteiger partial charge in [-0.2, -0.15) is 4.98 Å². The van der Waals surface area contributed by atoms with E-state index in [4.69, 9.17) is 4.98 Å². The molecule has 1 fully saturated rings. The van der Waals surface area contributed by atoms with Crippen LogP contribution in [0, 0.1) is 0 Å². The number of likely N-dealkylation sites (N-methyl/N-ethyl adjacent to an activating group) is 1. The number of hydrogen-bond donors (Lipinski definition) is 2. The van der Waals surface area contributed by atoms with Crippen molar-refractivity contribution < 1.29 is 4.79 Å². The summed E-state index contributed by atoms with van der Waals surface area (Å²) in [7, 11) is 2.16. The van der Waals surface area contributed by atoms with Crippen molar-refractivity contribution in [3.8, 4) is 10.4 Å². The number of carbonyl (C=O) groups is 1. The molecular weight excluding hydrogens is 480 g/mol. The first kappa shape index (κ1) is 24.7. The van der Waals surface area contributed by atoms with Gasteiger partial charge in [0.2, 0.25) is 5.95 Å². The molecule has 1 saturated heterocycles. The topological polar surface area (TPSA) is 73.4 Å². The minimum Gasteiger partial charge on any atom is -0.369 e. The number of anilines is 5. The van der Waals surface area contributed by atoms with E-state index in [0.717, 1.165) is 53.6 Å². The van der Waals surface area contributed by atoms with Crippen LogP contribution in [0.15, 0.2) is 84.9 Å². The Labute approximate surface area is 221 Å². The van der Waals surface area contributed by atoms with E-state index >= 15 is 0 Å². The van der Waals surface area contributed by atoms with Gasteiger partial charge in [-0.15, -0.1) is 11.3 Å². The number of ketones is 1. The zero-order valence-corrected chi connectivity index (χ0v) is 21.7. The molecule has 188 valence electrons. The summed E-state index contributed by atoms with van der Waals surface area (Å²) in [5, 5.41) is 8.83. The smallest absolute Gasteiger partial charge is 0.229 e. The largest absolute Gasteiger partial charge is 0.369 e. The molecule has 1 aliphatic rings. The highest BCUT2D eigenvalue weighted by molar-refractivity contribution is 7.13. The third-order valence-electron chi connectivity index (χ3n) is 6.43. The lowest BCUT2D eigenvalue weighted by Gasteiger charge is -2.34. The van der Waals surface area contributed by atoms with Crippen LogP contribution < -0.4 is 15.5 Å². The molecule has 0 atom stereocenters. The van der Waals surface area contributed by atoms with Crippen LogP contribution in [-0.2, 0) is 11.2 Å². The Bertz CT molecular complexity index is 1360. The van der Waals surface area contributed by atoms with Crippen LogP contribution in [0.5, 0.6) is 0 Å². The summed E-state index contributed by atoms with van der Waals surface area (Å²) in [5.41, 5.74) is 4.76. The fraction of sp³-hybridized carbons (Fsp3) is 0.207. The second-order valence-corrected chi connectivity index (χ2v) is 9.97. The Balaban J connectivity index is 1.39. The van der Waals surface area contributed by atoms with Gasteiger partial charge in [0.1, 0.15) is 5.82 Å². The van der Waals surface area contributed by atoms with Gasteiger partial charge >= 0.3 is 0 Å². The number of carbonyl (C=O) groups excluding carboxylic acids is 1. The number of hydrogen-bond acceptors (Lipinski definition) is 8. The lowest BCUT2D eigenvalue weighted by molar-refractivity contribution is -0.114. The molecule has 1 aliphatic heterocycles. The molecule has 4 aromatic rings. The van der Waals surface area contributed by atoms with E-state index in [0.29, 0.717) is 11.8 Å². The standard InChI is InChI=1S/C29H30N6OS/c1-3-24(36)19-21-7-4-5-8-26(21)32-28-25(27-9-6-18-37-27)20-30-29(33-28)31-22-10-12-23(13-11-22)35-16-14-34(2)15-17-35/h3-13,18,20H,1,14-17,19H2,2H3,(H2,30,31,32,33). The molecule has 7 nitrogen and oxygen atoms in total. The van der Waals surface area contributed by atoms with Gasteiger partial charge in [0.15, 0.2) is 5.78 Å². The predicted molar refractivity (Wildman–Crippen MR) is 153 cm³/mol. The van der Waals surface area contributed by atoms with Gasteiger partial charge in [-0.3, -0.25) is 4.79 Å². The van der Waals surface area contributed by atoms with E-state index in [1.165, 1.54) is 11.8 Å². The second kappa shape index (κ2) is 11.4. The van der Waals surface area contributed by atoms with Gasteiger partial charge in [-0.25, -0.2) is 4.98 Å². The number of piperazine rings is 1. The number of nitrogens with one attached hydrogen (secondary N) is 2. The Morgan fingerprint density at radius 3 is 2.54 bits per heavy atom. The van der Waals surface area contributed by atoms with Crippen molar-refractivity contribution in [3.63, 3.8) is 0 Å². The van der Waals surface area contributed by atoms with Crippen LogP contribution in [-0.4, -0.2) is 53.9 Å². The van der Waals surface area contributed by atoms with E-state index in [9.17, 15) is 4.79 Å². The molecular formula is C29H30N6OS. The van der Waals surface area contributed by atoms with Crippen molar-refractivity contribution in [2.75, 3.05) is 48.8 Å². The Morgan fingerprint density at radius 1 is 1.03 bits per heavy atom. The van der Waals surface area contributed by atoms with Crippen molar-refractivity contribution in [2.45, 2.75) is 6.42 Å². The van der Waals surface area contributed by atoms with E-state index in [1.54, 1.807) is 11.3 Å². The molecule has 2 aromatic heterocycles. The van der Waals surface area contributed by atoms with Crippen molar-refractivity contribution in [2.24, 2.45) is 0 Å². The minimum atomic E-state index is -0.0298. The van der Waals surface area contributed by atoms with E-state index < -0.39 is 0 Å². The highest BCUT2D eigenvalue weighted by Gasteiger charge is 2.15. The zero-order valence-electron chi connectivity index (χ0n) is 20.9. The fourth-order valence-electron chi connectivity index (χ4n) is 4.28. The molecule has 0 bridgehead atoms. The molecule has 0 spiro atoms. The third kappa shape index (κ3) is 6.04. The van der Waals surface area contributed by atoms with Crippen LogP contribution >= 0.6 is 11.3 Å². The first-order valence-electron chi connectivity index (χ1n) is 12.3. The zero-order chi connectivity index (χ0) is 25.6. The summed E-state index contributed by atoms with van der Waals surface area (Å²) in [6.45, 7) is 7.82. The van der Waals surface area contributed by atoms with Gasteiger partial charge < -0.3 is 20.4 Å². The number of thiophene rings is 1. The normalized spacial score (nSPS) is 13.8. The van der Waals surface area contributed by atoms with Gasteiger partial charge in [0.25, 0.3) is 0 Å². The van der Waals surface area contributed by atoms with Crippen LogP contribution in [0.1, 0.15) is 5.56 Å². The van der Waals surface area contributed by atoms with E-state index in [2.05, 4.69) is 63.3 Å². The Hall–Kier alpha value is -4.01. The molecule has 0 unspecified atom stereocenters. The van der Waals surface area contributed by atoms with Gasteiger partial charge in [0, 0.05) is 60.7 Å². The molecule has 5 rings (SSSR count). The van der Waals surface area contributed by atoms with Crippen molar-refractivity contribution in [1.29, 1.82) is 0 Å². The van der Waals surface area contributed by atoms with E-state index in [1.807, 2.05) is 48.0 Å². The monoisotopic (exact) mass is 510 g/mol. The molecule has 0 amide bonds. The van der Waals surface area contributed by atoms with Gasteiger partial charge in [-0.05, 0) is 60.5 Å². The summed E-state index contributed by atoms with van der Waals surface area (Å²) in [5.74, 6) is 1.14. The summed E-state index contributed by atoms with van der Waals surface area (Å²) < 4.78 is 0. The predicted octanol–water partition coefficient (Wildman–Crippen LogP) is 5.74. The average Bonchev–Trinajstić information content (AvgIpc) is 3.46. The minimum absolute atomic E-state index is 0.0298. The molecule has 0 saturated carbocycles. The quantitative estimate of drug-likeness (QED) is 0.278. The first-order valence-corrected chi connectivity index (χ1v) is 13.2. The lowest BCUT2D eigenvalue weighted by atomic mass is 10.1. The Morgan fingerprint density at radius 2 is 1.81 bits per heavy atom. The van der Waals surface area contributed by atoms with Gasteiger partial charge in [0.05, 0.1) is 5.56 Å². The SMILES string of the molecule is C=CC(=O)Cc1ccccc1Nc1nc(Nc2ccc(N3CCN(C)CC3)cc2)ncc1-c1cccs1. The second-order valence-electron chi connectivity index (χ2n) is 9.02. The van der Waals surface area contributed by atoms with E-state index in [-0.39, 0.29) is 12.2 Å². The highest BCUT2D eigenvalue weighted by atomic mass is 32.1. The third-order valence-corrected chi connectivity index (χ3v) is 7.33. The summed E-state index contributed by atoms with van der Waals surface area (Å²) in [6.07, 6.45) is 3.46. The number of allylic oxidation sites excluding steroid dienone is 1. The number of nitrogens with zero attached hydrogens (tertiary/aromatic N) is 4.